The molecule has 3 rings (SSSR count). The highest BCUT2D eigenvalue weighted by molar-refractivity contribution is 5.93. The van der Waals surface area contributed by atoms with Gasteiger partial charge in [0.05, 0.1) is 0 Å². The lowest BCUT2D eigenvalue weighted by atomic mass is 10.0. The molecule has 33 heavy (non-hydrogen) atoms. The minimum Gasteiger partial charge on any atom is -0.358 e. The summed E-state index contributed by atoms with van der Waals surface area (Å²) in [5.41, 5.74) is 0.903. The van der Waals surface area contributed by atoms with E-state index in [1.807, 2.05) is 44.2 Å². The molecule has 1 aliphatic heterocycles. The number of carbonyl (C=O) groups is 3. The van der Waals surface area contributed by atoms with Gasteiger partial charge in [0.15, 0.2) is 0 Å². The predicted octanol–water partition coefficient (Wildman–Crippen LogP) is 0.111. The Hall–Kier alpha value is -3.69. The van der Waals surface area contributed by atoms with E-state index in [9.17, 15) is 19.2 Å². The van der Waals surface area contributed by atoms with Crippen LogP contribution in [0.5, 0.6) is 0 Å². The first-order valence-electron chi connectivity index (χ1n) is 11.0. The number of H-pyrrole nitrogens is 1. The maximum Gasteiger partial charge on any atom is 0.347 e. The van der Waals surface area contributed by atoms with Gasteiger partial charge in [-0.3, -0.25) is 14.4 Å². The van der Waals surface area contributed by atoms with Gasteiger partial charge in [0.1, 0.15) is 23.9 Å². The van der Waals surface area contributed by atoms with E-state index in [4.69, 9.17) is 0 Å². The molecule has 2 heterocycles. The van der Waals surface area contributed by atoms with Crippen molar-refractivity contribution >= 4 is 23.5 Å². The highest BCUT2D eigenvalue weighted by Crippen LogP contribution is 2.12. The largest absolute Gasteiger partial charge is 0.358 e. The topological polar surface area (TPSA) is 145 Å². The van der Waals surface area contributed by atoms with Gasteiger partial charge in [0.2, 0.25) is 17.7 Å². The van der Waals surface area contributed by atoms with Crippen molar-refractivity contribution in [2.75, 3.05) is 11.9 Å². The molecule has 0 fully saturated rings. The Morgan fingerprint density at radius 1 is 0.970 bits per heavy atom. The van der Waals surface area contributed by atoms with E-state index < -0.39 is 35.6 Å². The van der Waals surface area contributed by atoms with Crippen LogP contribution in [0.1, 0.15) is 32.0 Å². The first-order chi connectivity index (χ1) is 15.7. The summed E-state index contributed by atoms with van der Waals surface area (Å²) in [5, 5.41) is 11.3. The molecule has 0 spiro atoms. The Morgan fingerprint density at radius 3 is 2.39 bits per heavy atom. The summed E-state index contributed by atoms with van der Waals surface area (Å²) in [7, 11) is 0. The zero-order valence-corrected chi connectivity index (χ0v) is 19.0. The Kier molecular flexibility index (Phi) is 7.81. The fraction of sp³-hybridized carbons (Fsp3) is 0.435. The summed E-state index contributed by atoms with van der Waals surface area (Å²) in [4.78, 5) is 57.2. The Bertz CT molecular complexity index is 1050. The molecule has 0 saturated carbocycles. The van der Waals surface area contributed by atoms with Gasteiger partial charge >= 0.3 is 5.69 Å². The van der Waals surface area contributed by atoms with Gasteiger partial charge in [-0.1, -0.05) is 44.2 Å². The van der Waals surface area contributed by atoms with E-state index >= 15 is 0 Å². The molecular weight excluding hydrogens is 424 g/mol. The maximum atomic E-state index is 13.3. The summed E-state index contributed by atoms with van der Waals surface area (Å²) in [5.74, 6) is -1.19. The van der Waals surface area contributed by atoms with Crippen LogP contribution in [-0.4, -0.2) is 52.4 Å². The third kappa shape index (κ3) is 6.64. The highest BCUT2D eigenvalue weighted by atomic mass is 16.2. The van der Waals surface area contributed by atoms with Crippen LogP contribution < -0.4 is 27.0 Å². The average molecular weight is 455 g/mol. The Balaban J connectivity index is 1.97. The highest BCUT2D eigenvalue weighted by Gasteiger charge is 2.30. The van der Waals surface area contributed by atoms with Gasteiger partial charge in [0.25, 0.3) is 0 Å². The molecule has 3 amide bonds. The summed E-state index contributed by atoms with van der Waals surface area (Å²) in [6.45, 7) is 5.47. The fourth-order valence-electron chi connectivity index (χ4n) is 3.59. The molecule has 1 aliphatic rings. The lowest BCUT2D eigenvalue weighted by molar-refractivity contribution is -0.132. The molecular formula is C23H30N6O4. The molecule has 176 valence electrons. The summed E-state index contributed by atoms with van der Waals surface area (Å²) < 4.78 is 0. The van der Waals surface area contributed by atoms with Crippen molar-refractivity contribution in [1.82, 2.24) is 25.9 Å². The van der Waals surface area contributed by atoms with Crippen molar-refractivity contribution in [1.29, 1.82) is 0 Å². The molecule has 2 aromatic rings. The molecule has 2 bridgehead atoms. The second-order valence-corrected chi connectivity index (χ2v) is 8.48. The molecule has 5 N–H and O–H groups in total. The summed E-state index contributed by atoms with van der Waals surface area (Å²) in [6, 6.07) is 8.65. The minimum atomic E-state index is -0.847. The van der Waals surface area contributed by atoms with Crippen molar-refractivity contribution in [3.05, 3.63) is 58.1 Å². The molecule has 1 aromatic carbocycles. The lowest BCUT2D eigenvalue weighted by Crippen LogP contribution is -2.56. The quantitative estimate of drug-likeness (QED) is 0.445. The molecule has 10 nitrogen and oxygen atoms in total. The second-order valence-electron chi connectivity index (χ2n) is 8.48. The molecule has 1 aromatic heterocycles. The van der Waals surface area contributed by atoms with E-state index in [1.54, 1.807) is 13.0 Å². The van der Waals surface area contributed by atoms with Crippen LogP contribution in [-0.2, 0) is 27.2 Å². The van der Waals surface area contributed by atoms with Crippen molar-refractivity contribution in [2.45, 2.75) is 51.7 Å². The smallest absolute Gasteiger partial charge is 0.347 e. The number of nitrogens with zero attached hydrogens (tertiary/aromatic N) is 1. The number of nitrogens with one attached hydrogen (secondary N) is 5. The van der Waals surface area contributed by atoms with Crippen LogP contribution in [0.15, 0.2) is 41.2 Å². The summed E-state index contributed by atoms with van der Waals surface area (Å²) in [6.07, 6.45) is 0.669. The van der Waals surface area contributed by atoms with Crippen molar-refractivity contribution in [3.63, 3.8) is 0 Å². The Labute approximate surface area is 192 Å². The maximum absolute atomic E-state index is 13.3. The van der Waals surface area contributed by atoms with E-state index in [0.717, 1.165) is 5.56 Å². The normalized spacial score (nSPS) is 22.3. The van der Waals surface area contributed by atoms with Crippen molar-refractivity contribution in [3.8, 4) is 0 Å². The molecule has 0 unspecified atom stereocenters. The lowest BCUT2D eigenvalue weighted by Gasteiger charge is -2.26. The second kappa shape index (κ2) is 10.8. The monoisotopic (exact) mass is 454 g/mol. The molecule has 10 heteroatoms. The van der Waals surface area contributed by atoms with E-state index in [2.05, 4.69) is 31.2 Å². The van der Waals surface area contributed by atoms with E-state index in [0.29, 0.717) is 18.5 Å². The average Bonchev–Trinajstić information content (AvgIpc) is 2.76. The number of anilines is 1. The number of aromatic nitrogens is 2. The van der Waals surface area contributed by atoms with Gasteiger partial charge < -0.3 is 26.3 Å². The van der Waals surface area contributed by atoms with Crippen molar-refractivity contribution in [2.24, 2.45) is 5.92 Å². The van der Waals surface area contributed by atoms with E-state index in [-0.39, 0.29) is 24.2 Å². The fourth-order valence-corrected chi connectivity index (χ4v) is 3.59. The molecule has 0 saturated heterocycles. The molecule has 0 aliphatic carbocycles. The SMILES string of the molecule is CC(C)[C@H]1NC(=O)[C@H](Cc2ccccc2)Nc2cc([nH]c(=O)n2)CCNC(=O)[C@H](C)NC1=O. The number of rotatable bonds is 3. The first-order valence-corrected chi connectivity index (χ1v) is 11.0. The number of carbonyl (C=O) groups excluding carboxylic acids is 3. The molecule has 0 radical (unpaired) electrons. The van der Waals surface area contributed by atoms with Crippen LogP contribution in [0.4, 0.5) is 5.82 Å². The number of hydrogen-bond acceptors (Lipinski definition) is 6. The first kappa shape index (κ1) is 24.0. The predicted molar refractivity (Wildman–Crippen MR) is 124 cm³/mol. The van der Waals surface area contributed by atoms with Crippen LogP contribution in [0, 0.1) is 5.92 Å². The van der Waals surface area contributed by atoms with Crippen LogP contribution in [0.25, 0.3) is 0 Å². The zero-order valence-electron chi connectivity index (χ0n) is 19.0. The van der Waals surface area contributed by atoms with E-state index in [1.165, 1.54) is 0 Å². The number of aromatic amines is 1. The van der Waals surface area contributed by atoms with Crippen LogP contribution >= 0.6 is 0 Å². The third-order valence-corrected chi connectivity index (χ3v) is 5.41. The van der Waals surface area contributed by atoms with Gasteiger partial charge in [-0.05, 0) is 18.4 Å². The number of hydrogen-bond donors (Lipinski definition) is 5. The minimum absolute atomic E-state index is 0.221. The van der Waals surface area contributed by atoms with Gasteiger partial charge in [0, 0.05) is 31.1 Å². The Morgan fingerprint density at radius 2 is 1.70 bits per heavy atom. The standard InChI is InChI=1S/C23H30N6O4/c1-13(2)19-22(32)25-14(3)20(30)24-10-9-16-12-18(28-23(33)26-16)27-17(21(31)29-19)11-15-7-5-4-6-8-15/h4-8,12-14,17,19H,9-11H2,1-3H3,(H,24,30)(H,25,32)(H,29,31)(H2,26,27,28,33)/t14-,17-,19+/m0/s1. The summed E-state index contributed by atoms with van der Waals surface area (Å²) >= 11 is 0. The number of fused-ring (bicyclic) bond motifs is 2. The van der Waals surface area contributed by atoms with Crippen LogP contribution in [0.2, 0.25) is 0 Å². The van der Waals surface area contributed by atoms with Gasteiger partial charge in [-0.25, -0.2) is 4.79 Å². The third-order valence-electron chi connectivity index (χ3n) is 5.41. The zero-order chi connectivity index (χ0) is 24.0. The van der Waals surface area contributed by atoms with Gasteiger partial charge in [-0.2, -0.15) is 4.98 Å². The number of amides is 3. The number of benzene rings is 1. The molecule has 3 atom stereocenters. The van der Waals surface area contributed by atoms with Crippen molar-refractivity contribution < 1.29 is 14.4 Å². The van der Waals surface area contributed by atoms with Gasteiger partial charge in [-0.15, -0.1) is 0 Å². The van der Waals surface area contributed by atoms with Crippen LogP contribution in [0.3, 0.4) is 0 Å².